The first-order chi connectivity index (χ1) is 9.00. The summed E-state index contributed by atoms with van der Waals surface area (Å²) < 4.78 is 0. The molecule has 0 aliphatic rings. The number of nitro benzene ring substituents is 1. The summed E-state index contributed by atoms with van der Waals surface area (Å²) in [4.78, 5) is 20.8. The molecule has 1 atom stereocenters. The van der Waals surface area contributed by atoms with Gasteiger partial charge in [-0.05, 0) is 24.8 Å². The van der Waals surface area contributed by atoms with Gasteiger partial charge in [0.2, 0.25) is 0 Å². The van der Waals surface area contributed by atoms with Gasteiger partial charge in [0.05, 0.1) is 4.92 Å². The molecule has 2 N–H and O–H groups in total. The van der Waals surface area contributed by atoms with Gasteiger partial charge in [0.25, 0.3) is 5.69 Å². The fourth-order valence-corrected chi connectivity index (χ4v) is 1.75. The molecule has 19 heavy (non-hydrogen) atoms. The molecule has 0 saturated heterocycles. The number of hydrogen-bond acceptors (Lipinski definition) is 4. The minimum absolute atomic E-state index is 0.0562. The van der Waals surface area contributed by atoms with Crippen LogP contribution in [0.4, 0.5) is 11.4 Å². The van der Waals surface area contributed by atoms with Gasteiger partial charge in [0.1, 0.15) is 5.69 Å². The number of nitro groups is 1. The van der Waals surface area contributed by atoms with E-state index in [4.69, 9.17) is 5.11 Å². The molecule has 1 aromatic carbocycles. The van der Waals surface area contributed by atoms with E-state index in [0.717, 1.165) is 6.42 Å². The fraction of sp³-hybridized carbons (Fsp3) is 0.462. The highest BCUT2D eigenvalue weighted by Gasteiger charge is 2.12. The van der Waals surface area contributed by atoms with Gasteiger partial charge in [-0.2, -0.15) is 0 Å². The maximum Gasteiger partial charge on any atom is 0.303 e. The summed E-state index contributed by atoms with van der Waals surface area (Å²) >= 11 is 0. The molecule has 1 rings (SSSR count). The molecule has 0 radical (unpaired) electrons. The van der Waals surface area contributed by atoms with Gasteiger partial charge in [-0.3, -0.25) is 14.9 Å². The maximum atomic E-state index is 10.8. The van der Waals surface area contributed by atoms with Crippen molar-refractivity contribution in [2.75, 3.05) is 11.9 Å². The number of benzene rings is 1. The molecule has 1 unspecified atom stereocenters. The van der Waals surface area contributed by atoms with Crippen molar-refractivity contribution in [1.29, 1.82) is 0 Å². The molecule has 0 saturated carbocycles. The second-order valence-corrected chi connectivity index (χ2v) is 4.53. The Balaban J connectivity index is 2.41. The van der Waals surface area contributed by atoms with Crippen molar-refractivity contribution < 1.29 is 14.8 Å². The quantitative estimate of drug-likeness (QED) is 0.557. The number of rotatable bonds is 8. The van der Waals surface area contributed by atoms with Crippen LogP contribution < -0.4 is 5.32 Å². The van der Waals surface area contributed by atoms with Crippen LogP contribution in [0.15, 0.2) is 24.3 Å². The standard InChI is InChI=1S/C13H18N2O4/c1-10(6-7-13(16)17)8-9-14-11-4-2-3-5-12(11)15(18)19/h2-5,10,14H,6-9H2,1H3,(H,16,17). The van der Waals surface area contributed by atoms with Crippen molar-refractivity contribution in [3.63, 3.8) is 0 Å². The minimum Gasteiger partial charge on any atom is -0.481 e. The maximum absolute atomic E-state index is 10.8. The molecule has 0 bridgehead atoms. The van der Waals surface area contributed by atoms with Gasteiger partial charge >= 0.3 is 5.97 Å². The topological polar surface area (TPSA) is 92.5 Å². The molecular formula is C13H18N2O4. The highest BCUT2D eigenvalue weighted by atomic mass is 16.6. The lowest BCUT2D eigenvalue weighted by Crippen LogP contribution is -2.09. The summed E-state index contributed by atoms with van der Waals surface area (Å²) in [6.07, 6.45) is 1.56. The Labute approximate surface area is 111 Å². The highest BCUT2D eigenvalue weighted by molar-refractivity contribution is 5.66. The number of hydrogen-bond donors (Lipinski definition) is 2. The third-order valence-electron chi connectivity index (χ3n) is 2.90. The lowest BCUT2D eigenvalue weighted by molar-refractivity contribution is -0.384. The average molecular weight is 266 g/mol. The SMILES string of the molecule is CC(CCNc1ccccc1[N+](=O)[O-])CCC(=O)O. The Bertz CT molecular complexity index is 448. The Hall–Kier alpha value is -2.11. The number of aliphatic carboxylic acids is 1. The summed E-state index contributed by atoms with van der Waals surface area (Å²) in [5.74, 6) is -0.523. The van der Waals surface area contributed by atoms with Crippen molar-refractivity contribution in [1.82, 2.24) is 0 Å². The van der Waals surface area contributed by atoms with E-state index in [1.54, 1.807) is 18.2 Å². The lowest BCUT2D eigenvalue weighted by atomic mass is 10.0. The Morgan fingerprint density at radius 2 is 2.11 bits per heavy atom. The molecule has 0 heterocycles. The number of anilines is 1. The van der Waals surface area contributed by atoms with Gasteiger partial charge in [-0.25, -0.2) is 0 Å². The van der Waals surface area contributed by atoms with Crippen molar-refractivity contribution in [3.05, 3.63) is 34.4 Å². The van der Waals surface area contributed by atoms with Crippen LogP contribution in [0.3, 0.4) is 0 Å². The van der Waals surface area contributed by atoms with Crippen molar-refractivity contribution in [2.24, 2.45) is 5.92 Å². The molecule has 6 heteroatoms. The van der Waals surface area contributed by atoms with E-state index >= 15 is 0 Å². The number of nitrogens with zero attached hydrogens (tertiary/aromatic N) is 1. The number of carboxylic acids is 1. The molecule has 0 spiro atoms. The van der Waals surface area contributed by atoms with E-state index < -0.39 is 10.9 Å². The minimum atomic E-state index is -0.793. The Morgan fingerprint density at radius 3 is 2.74 bits per heavy atom. The monoisotopic (exact) mass is 266 g/mol. The summed E-state index contributed by atoms with van der Waals surface area (Å²) in [5.41, 5.74) is 0.554. The van der Waals surface area contributed by atoms with Gasteiger partial charge in [0.15, 0.2) is 0 Å². The Kier molecular flexibility index (Phi) is 5.78. The molecule has 0 aromatic heterocycles. The first-order valence-corrected chi connectivity index (χ1v) is 6.19. The van der Waals surface area contributed by atoms with Crippen LogP contribution in [0, 0.1) is 16.0 Å². The van der Waals surface area contributed by atoms with Gasteiger partial charge < -0.3 is 10.4 Å². The zero-order valence-corrected chi connectivity index (χ0v) is 10.8. The fourth-order valence-electron chi connectivity index (χ4n) is 1.75. The predicted molar refractivity (Wildman–Crippen MR) is 72.2 cm³/mol. The number of nitrogens with one attached hydrogen (secondary N) is 1. The molecule has 0 fully saturated rings. The lowest BCUT2D eigenvalue weighted by Gasteiger charge is -2.11. The van der Waals surface area contributed by atoms with E-state index in [1.165, 1.54) is 6.07 Å². The highest BCUT2D eigenvalue weighted by Crippen LogP contribution is 2.23. The number of para-hydroxylation sites is 2. The second kappa shape index (κ2) is 7.35. The van der Waals surface area contributed by atoms with Crippen LogP contribution in [-0.2, 0) is 4.79 Å². The van der Waals surface area contributed by atoms with Gasteiger partial charge in [0, 0.05) is 19.0 Å². The van der Waals surface area contributed by atoms with Crippen LogP contribution in [0.5, 0.6) is 0 Å². The molecule has 104 valence electrons. The van der Waals surface area contributed by atoms with Crippen LogP contribution in [0.2, 0.25) is 0 Å². The van der Waals surface area contributed by atoms with E-state index in [0.29, 0.717) is 18.7 Å². The van der Waals surface area contributed by atoms with Crippen LogP contribution in [-0.4, -0.2) is 22.5 Å². The molecule has 1 aromatic rings. The third kappa shape index (κ3) is 5.37. The summed E-state index contributed by atoms with van der Waals surface area (Å²) in [6, 6.07) is 6.48. The molecule has 0 aliphatic carbocycles. The zero-order chi connectivity index (χ0) is 14.3. The molecule has 0 amide bonds. The number of carboxylic acid groups (broad SMARTS) is 1. The first-order valence-electron chi connectivity index (χ1n) is 6.19. The van der Waals surface area contributed by atoms with Crippen molar-refractivity contribution >= 4 is 17.3 Å². The van der Waals surface area contributed by atoms with Crippen LogP contribution in [0.25, 0.3) is 0 Å². The summed E-state index contributed by atoms with van der Waals surface area (Å²) in [5, 5.41) is 22.4. The van der Waals surface area contributed by atoms with Crippen molar-refractivity contribution in [3.8, 4) is 0 Å². The largest absolute Gasteiger partial charge is 0.481 e. The summed E-state index contributed by atoms with van der Waals surface area (Å²) in [6.45, 7) is 2.57. The van der Waals surface area contributed by atoms with E-state index in [-0.39, 0.29) is 18.0 Å². The van der Waals surface area contributed by atoms with Crippen LogP contribution in [0.1, 0.15) is 26.2 Å². The van der Waals surface area contributed by atoms with Gasteiger partial charge in [-0.15, -0.1) is 0 Å². The van der Waals surface area contributed by atoms with E-state index in [9.17, 15) is 14.9 Å². The van der Waals surface area contributed by atoms with E-state index in [1.807, 2.05) is 6.92 Å². The Morgan fingerprint density at radius 1 is 1.42 bits per heavy atom. The smallest absolute Gasteiger partial charge is 0.303 e. The van der Waals surface area contributed by atoms with Crippen molar-refractivity contribution in [2.45, 2.75) is 26.2 Å². The molecule has 0 aliphatic heterocycles. The van der Waals surface area contributed by atoms with E-state index in [2.05, 4.69) is 5.32 Å². The number of carbonyl (C=O) groups is 1. The average Bonchev–Trinajstić information content (AvgIpc) is 2.36. The summed E-state index contributed by atoms with van der Waals surface area (Å²) in [7, 11) is 0. The first kappa shape index (κ1) is 14.9. The normalized spacial score (nSPS) is 11.8. The van der Waals surface area contributed by atoms with Crippen LogP contribution >= 0.6 is 0 Å². The predicted octanol–water partition coefficient (Wildman–Crippen LogP) is 2.90. The van der Waals surface area contributed by atoms with Gasteiger partial charge in [-0.1, -0.05) is 19.1 Å². The molecular weight excluding hydrogens is 248 g/mol. The third-order valence-corrected chi connectivity index (χ3v) is 2.90. The molecule has 6 nitrogen and oxygen atoms in total. The zero-order valence-electron chi connectivity index (χ0n) is 10.8. The second-order valence-electron chi connectivity index (χ2n) is 4.53.